The van der Waals surface area contributed by atoms with E-state index >= 15 is 0 Å². The molecule has 0 aliphatic carbocycles. The Morgan fingerprint density at radius 1 is 1.71 bits per heavy atom. The predicted octanol–water partition coefficient (Wildman–Crippen LogP) is -0.363. The maximum atomic E-state index is 9.70. The van der Waals surface area contributed by atoms with Crippen LogP contribution in [0.3, 0.4) is 0 Å². The summed E-state index contributed by atoms with van der Waals surface area (Å²) in [7, 11) is 0. The highest BCUT2D eigenvalue weighted by Gasteiger charge is 1.87. The van der Waals surface area contributed by atoms with Gasteiger partial charge in [-0.15, -0.1) is 0 Å². The van der Waals surface area contributed by atoms with Crippen LogP contribution in [-0.4, -0.2) is 12.4 Å². The van der Waals surface area contributed by atoms with Crippen molar-refractivity contribution in [2.24, 2.45) is 0 Å². The molecule has 0 rings (SSSR count). The average molecular weight is 104 g/mol. The van der Waals surface area contributed by atoms with E-state index < -0.39 is 5.97 Å². The van der Waals surface area contributed by atoms with Gasteiger partial charge < -0.3 is 0 Å². The van der Waals surface area contributed by atoms with E-state index in [4.69, 9.17) is 0 Å². The summed E-state index contributed by atoms with van der Waals surface area (Å²) in [4.78, 5) is 26.2. The Morgan fingerprint density at radius 2 is 2.29 bits per heavy atom. The molecule has 0 aliphatic rings. The Balaban J connectivity index is 2.97. The molecule has 4 nitrogen and oxygen atoms in total. The summed E-state index contributed by atoms with van der Waals surface area (Å²) in [5, 5.41) is 0. The van der Waals surface area contributed by atoms with Crippen LogP contribution >= 0.6 is 0 Å². The molecule has 40 valence electrons. The molecular weight excluding hydrogens is 100 g/mol. The van der Waals surface area contributed by atoms with Crippen molar-refractivity contribution < 1.29 is 19.4 Å². The number of carbonyl (C=O) groups excluding carboxylic acids is 2. The van der Waals surface area contributed by atoms with Crippen molar-refractivity contribution in [3.63, 3.8) is 0 Å². The third kappa shape index (κ3) is 4.94. The van der Waals surface area contributed by atoms with Gasteiger partial charge in [-0.3, -0.25) is 9.68 Å². The van der Waals surface area contributed by atoms with E-state index in [0.29, 0.717) is 0 Å². The van der Waals surface area contributed by atoms with E-state index in [2.05, 4.69) is 9.78 Å². The van der Waals surface area contributed by atoms with Gasteiger partial charge in [-0.25, -0.2) is 9.68 Å². The van der Waals surface area contributed by atoms with Crippen molar-refractivity contribution in [1.82, 2.24) is 0 Å². The van der Waals surface area contributed by atoms with Crippen LogP contribution in [-0.2, 0) is 19.4 Å². The van der Waals surface area contributed by atoms with Crippen molar-refractivity contribution in [3.05, 3.63) is 0 Å². The fourth-order valence-electron chi connectivity index (χ4n) is 0.0874. The standard InChI is InChI=1S/C3H4O4/c1-3(5)7-6-2-4/h2H,1H3. The van der Waals surface area contributed by atoms with Gasteiger partial charge >= 0.3 is 12.4 Å². The fourth-order valence-corrected chi connectivity index (χ4v) is 0.0874. The van der Waals surface area contributed by atoms with E-state index in [1.165, 1.54) is 0 Å². The number of hydrogen-bond acceptors (Lipinski definition) is 4. The molecule has 0 N–H and O–H groups in total. The average Bonchev–Trinajstić information content (AvgIpc) is 1.61. The number of hydrogen-bond donors (Lipinski definition) is 0. The van der Waals surface area contributed by atoms with Crippen LogP contribution < -0.4 is 0 Å². The monoisotopic (exact) mass is 104 g/mol. The Hall–Kier alpha value is -1.06. The first-order valence-corrected chi connectivity index (χ1v) is 1.55. The zero-order valence-electron chi connectivity index (χ0n) is 3.71. The lowest BCUT2D eigenvalue weighted by Gasteiger charge is -1.87. The molecule has 0 radical (unpaired) electrons. The topological polar surface area (TPSA) is 52.6 Å². The summed E-state index contributed by atoms with van der Waals surface area (Å²) in [6.07, 6.45) is 0. The van der Waals surface area contributed by atoms with E-state index in [1.807, 2.05) is 0 Å². The molecule has 0 aromatic carbocycles. The SMILES string of the molecule is CC(=O)OOC=O. The van der Waals surface area contributed by atoms with E-state index in [9.17, 15) is 9.59 Å². The highest BCUT2D eigenvalue weighted by molar-refractivity contribution is 5.65. The summed E-state index contributed by atoms with van der Waals surface area (Å²) in [5.41, 5.74) is 0. The van der Waals surface area contributed by atoms with Gasteiger partial charge in [-0.05, 0) is 0 Å². The number of rotatable bonds is 2. The molecule has 7 heavy (non-hydrogen) atoms. The van der Waals surface area contributed by atoms with E-state index in [-0.39, 0.29) is 6.47 Å². The summed E-state index contributed by atoms with van der Waals surface area (Å²) in [5.74, 6) is -0.646. The second kappa shape index (κ2) is 3.14. The summed E-state index contributed by atoms with van der Waals surface area (Å²) in [6.45, 7) is 1.16. The maximum absolute atomic E-state index is 9.70. The van der Waals surface area contributed by atoms with Gasteiger partial charge in [0.1, 0.15) is 0 Å². The third-order valence-electron chi connectivity index (χ3n) is 0.205. The van der Waals surface area contributed by atoms with Gasteiger partial charge in [0.25, 0.3) is 0 Å². The molecule has 0 amide bonds. The van der Waals surface area contributed by atoms with Crippen LogP contribution in [0, 0.1) is 0 Å². The third-order valence-corrected chi connectivity index (χ3v) is 0.205. The molecule has 0 spiro atoms. The Bertz CT molecular complexity index is 77.0. The molecule has 0 saturated carbocycles. The predicted molar refractivity (Wildman–Crippen MR) is 18.9 cm³/mol. The van der Waals surface area contributed by atoms with Crippen molar-refractivity contribution >= 4 is 12.4 Å². The normalized spacial score (nSPS) is 7.00. The minimum atomic E-state index is -0.646. The molecule has 0 aromatic rings. The summed E-state index contributed by atoms with van der Waals surface area (Å²) in [6, 6.07) is 0. The fraction of sp³-hybridized carbons (Fsp3) is 0.333. The molecule has 0 aliphatic heterocycles. The van der Waals surface area contributed by atoms with Crippen molar-refractivity contribution in [1.29, 1.82) is 0 Å². The highest BCUT2D eigenvalue weighted by Crippen LogP contribution is 1.71. The minimum absolute atomic E-state index is 0.0292. The van der Waals surface area contributed by atoms with Gasteiger partial charge in [0.2, 0.25) is 0 Å². The maximum Gasteiger partial charge on any atom is 0.352 e. The van der Waals surface area contributed by atoms with Gasteiger partial charge in [0.15, 0.2) is 0 Å². The zero-order chi connectivity index (χ0) is 5.70. The molecule has 0 bridgehead atoms. The van der Waals surface area contributed by atoms with E-state index in [0.717, 1.165) is 6.92 Å². The second-order valence-corrected chi connectivity index (χ2v) is 0.767. The van der Waals surface area contributed by atoms with Crippen molar-refractivity contribution in [2.75, 3.05) is 0 Å². The first kappa shape index (κ1) is 5.94. The molecule has 0 heterocycles. The smallest absolute Gasteiger partial charge is 0.251 e. The molecule has 0 saturated heterocycles. The lowest BCUT2D eigenvalue weighted by Crippen LogP contribution is -1.97. The Morgan fingerprint density at radius 3 is 2.43 bits per heavy atom. The van der Waals surface area contributed by atoms with Gasteiger partial charge in [-0.2, -0.15) is 0 Å². The molecule has 0 atom stereocenters. The number of carbonyl (C=O) groups is 2. The Labute approximate surface area is 39.9 Å². The minimum Gasteiger partial charge on any atom is -0.251 e. The van der Waals surface area contributed by atoms with Crippen LogP contribution in [0.4, 0.5) is 0 Å². The van der Waals surface area contributed by atoms with Gasteiger partial charge in [-0.1, -0.05) is 0 Å². The quantitative estimate of drug-likeness (QED) is 0.272. The van der Waals surface area contributed by atoms with Crippen LogP contribution in [0.15, 0.2) is 0 Å². The van der Waals surface area contributed by atoms with Crippen molar-refractivity contribution in [2.45, 2.75) is 6.92 Å². The van der Waals surface area contributed by atoms with E-state index in [1.54, 1.807) is 0 Å². The van der Waals surface area contributed by atoms with Crippen LogP contribution in [0.25, 0.3) is 0 Å². The Kier molecular flexibility index (Phi) is 2.67. The van der Waals surface area contributed by atoms with Crippen molar-refractivity contribution in [3.8, 4) is 0 Å². The first-order valence-electron chi connectivity index (χ1n) is 1.55. The molecular formula is C3H4O4. The summed E-state index contributed by atoms with van der Waals surface area (Å²) < 4.78 is 0. The van der Waals surface area contributed by atoms with Gasteiger partial charge in [0.05, 0.1) is 0 Å². The zero-order valence-corrected chi connectivity index (χ0v) is 3.71. The summed E-state index contributed by atoms with van der Waals surface area (Å²) >= 11 is 0. The lowest BCUT2D eigenvalue weighted by atomic mass is 10.8. The van der Waals surface area contributed by atoms with Crippen LogP contribution in [0.5, 0.6) is 0 Å². The largest absolute Gasteiger partial charge is 0.352 e. The van der Waals surface area contributed by atoms with Gasteiger partial charge in [0, 0.05) is 6.92 Å². The van der Waals surface area contributed by atoms with Crippen LogP contribution in [0.2, 0.25) is 0 Å². The first-order chi connectivity index (χ1) is 3.27. The van der Waals surface area contributed by atoms with Crippen LogP contribution in [0.1, 0.15) is 6.92 Å². The molecule has 0 unspecified atom stereocenters. The highest BCUT2D eigenvalue weighted by atomic mass is 17.2. The molecule has 0 aromatic heterocycles. The lowest BCUT2D eigenvalue weighted by molar-refractivity contribution is -0.246. The molecule has 4 heteroatoms. The molecule has 0 fully saturated rings. The second-order valence-electron chi connectivity index (χ2n) is 0.767.